The molecule has 1 aromatic heterocycles. The molecule has 0 saturated carbocycles. The van der Waals surface area contributed by atoms with Crippen LogP contribution >= 0.6 is 0 Å². The molecule has 1 aliphatic heterocycles. The molecule has 1 aliphatic rings. The van der Waals surface area contributed by atoms with Gasteiger partial charge >= 0.3 is 0 Å². The van der Waals surface area contributed by atoms with Crippen LogP contribution in [0.5, 0.6) is 0 Å². The van der Waals surface area contributed by atoms with Crippen LogP contribution in [-0.2, 0) is 4.79 Å². The first kappa shape index (κ1) is 16.1. The van der Waals surface area contributed by atoms with E-state index in [-0.39, 0.29) is 13.1 Å². The number of amides is 1. The van der Waals surface area contributed by atoms with Crippen molar-refractivity contribution in [2.24, 2.45) is 0 Å². The third-order valence-corrected chi connectivity index (χ3v) is 3.20. The highest BCUT2D eigenvalue weighted by molar-refractivity contribution is 5.92. The summed E-state index contributed by atoms with van der Waals surface area (Å²) in [6.07, 6.45) is 1.72. The number of pyridine rings is 1. The Kier molecular flexibility index (Phi) is 6.15. The Morgan fingerprint density at radius 3 is 2.10 bits per heavy atom. The highest BCUT2D eigenvalue weighted by Gasteiger charge is 2.18. The Labute approximate surface area is 122 Å². The number of nitrogens with zero attached hydrogens (tertiary/aromatic N) is 3. The van der Waals surface area contributed by atoms with Crippen molar-refractivity contribution in [1.82, 2.24) is 9.88 Å². The number of carbonyl (C=O) groups is 2. The summed E-state index contributed by atoms with van der Waals surface area (Å²) in [4.78, 5) is 30.5. The highest BCUT2D eigenvalue weighted by Crippen LogP contribution is 2.15. The Hall–Kier alpha value is -1.91. The van der Waals surface area contributed by atoms with Gasteiger partial charge < -0.3 is 9.80 Å². The average molecular weight is 279 g/mol. The minimum absolute atomic E-state index is 0. The molecule has 112 valence electrons. The lowest BCUT2D eigenvalue weighted by Crippen LogP contribution is -2.48. The molecule has 2 heterocycles. The quantitative estimate of drug-likeness (QED) is 0.779. The lowest BCUT2D eigenvalue weighted by Gasteiger charge is -2.35. The molecule has 1 amide bonds. The second kappa shape index (κ2) is 7.62. The molecule has 0 unspecified atom stereocenters. The fraction of sp³-hybridized carbons (Fsp3) is 0.533. The molecule has 0 aliphatic carbocycles. The number of Topliss-reactive ketones (excluding diaryl/α,β-unsaturated/α-hetero) is 1. The van der Waals surface area contributed by atoms with Crippen LogP contribution in [0.15, 0.2) is 18.3 Å². The third-order valence-electron chi connectivity index (χ3n) is 3.20. The molecule has 0 aromatic carbocycles. The van der Waals surface area contributed by atoms with Crippen molar-refractivity contribution in [2.45, 2.75) is 27.7 Å². The Bertz CT molecular complexity index is 454. The normalized spacial score (nSPS) is 14.4. The Balaban J connectivity index is 0.00000128. The molecule has 0 bridgehead atoms. The van der Waals surface area contributed by atoms with Crippen molar-refractivity contribution < 1.29 is 11.0 Å². The molecule has 0 radical (unpaired) electrons. The molecule has 2 rings (SSSR count). The number of hydrogen-bond acceptors (Lipinski definition) is 4. The number of anilines is 1. The standard InChI is InChI=1S/C13H17N3O2.C2H6.H2/c1-10(17)13-4-3-12(9-14-13)16-7-5-15(6-8-16)11(2)18;1-2;/h3-4,9H,5-8H2,1-2H3;1-2H3;1H. The van der Waals surface area contributed by atoms with Gasteiger partial charge in [-0.3, -0.25) is 14.6 Å². The summed E-state index contributed by atoms with van der Waals surface area (Å²) in [5, 5.41) is 0. The van der Waals surface area contributed by atoms with E-state index in [1.54, 1.807) is 19.2 Å². The van der Waals surface area contributed by atoms with E-state index < -0.39 is 0 Å². The predicted octanol–water partition coefficient (Wildman–Crippen LogP) is 2.22. The topological polar surface area (TPSA) is 53.5 Å². The molecule has 1 saturated heterocycles. The lowest BCUT2D eigenvalue weighted by molar-refractivity contribution is -0.129. The van der Waals surface area contributed by atoms with E-state index in [4.69, 9.17) is 0 Å². The van der Waals surface area contributed by atoms with Crippen LogP contribution in [0.4, 0.5) is 5.69 Å². The Morgan fingerprint density at radius 1 is 1.10 bits per heavy atom. The van der Waals surface area contributed by atoms with Crippen molar-refractivity contribution >= 4 is 17.4 Å². The highest BCUT2D eigenvalue weighted by atomic mass is 16.2. The second-order valence-corrected chi connectivity index (χ2v) is 4.45. The maximum atomic E-state index is 11.2. The van der Waals surface area contributed by atoms with Gasteiger partial charge in [0.05, 0.1) is 11.9 Å². The number of ketones is 1. The molecule has 0 atom stereocenters. The van der Waals surface area contributed by atoms with E-state index in [0.29, 0.717) is 5.69 Å². The zero-order valence-electron chi connectivity index (χ0n) is 12.7. The number of rotatable bonds is 2. The van der Waals surface area contributed by atoms with E-state index in [1.807, 2.05) is 24.8 Å². The number of carbonyl (C=O) groups excluding carboxylic acids is 2. The van der Waals surface area contributed by atoms with Crippen molar-refractivity contribution in [3.63, 3.8) is 0 Å². The average Bonchev–Trinajstić information content (AvgIpc) is 2.49. The first-order chi connectivity index (χ1) is 9.58. The van der Waals surface area contributed by atoms with Gasteiger partial charge in [-0.15, -0.1) is 0 Å². The smallest absolute Gasteiger partial charge is 0.219 e. The van der Waals surface area contributed by atoms with E-state index in [2.05, 4.69) is 9.88 Å². The second-order valence-electron chi connectivity index (χ2n) is 4.45. The largest absolute Gasteiger partial charge is 0.367 e. The molecule has 5 nitrogen and oxygen atoms in total. The van der Waals surface area contributed by atoms with E-state index in [0.717, 1.165) is 31.9 Å². The summed E-state index contributed by atoms with van der Waals surface area (Å²) in [6.45, 7) is 10.2. The van der Waals surface area contributed by atoms with Gasteiger partial charge in [-0.2, -0.15) is 0 Å². The van der Waals surface area contributed by atoms with Crippen molar-refractivity contribution in [2.75, 3.05) is 31.1 Å². The third kappa shape index (κ3) is 4.05. The summed E-state index contributed by atoms with van der Waals surface area (Å²) < 4.78 is 0. The van der Waals surface area contributed by atoms with Crippen LogP contribution < -0.4 is 4.90 Å². The summed E-state index contributed by atoms with van der Waals surface area (Å²) in [6, 6.07) is 3.65. The molecular weight excluding hydrogens is 254 g/mol. The molecule has 1 aromatic rings. The molecule has 0 N–H and O–H groups in total. The molecule has 5 heteroatoms. The van der Waals surface area contributed by atoms with Crippen molar-refractivity contribution in [3.05, 3.63) is 24.0 Å². The zero-order chi connectivity index (χ0) is 15.1. The van der Waals surface area contributed by atoms with Crippen molar-refractivity contribution in [1.29, 1.82) is 0 Å². The first-order valence-electron chi connectivity index (χ1n) is 7.05. The summed E-state index contributed by atoms with van der Waals surface area (Å²) in [5.41, 5.74) is 1.49. The van der Waals surface area contributed by atoms with Crippen LogP contribution in [0.3, 0.4) is 0 Å². The van der Waals surface area contributed by atoms with Gasteiger partial charge in [0.2, 0.25) is 5.91 Å². The Morgan fingerprint density at radius 2 is 1.70 bits per heavy atom. The van der Waals surface area contributed by atoms with Crippen LogP contribution in [0, 0.1) is 0 Å². The van der Waals surface area contributed by atoms with Crippen LogP contribution in [-0.4, -0.2) is 47.8 Å². The van der Waals surface area contributed by atoms with E-state index in [9.17, 15) is 9.59 Å². The minimum Gasteiger partial charge on any atom is -0.367 e. The summed E-state index contributed by atoms with van der Waals surface area (Å²) in [5.74, 6) is 0.0997. The van der Waals surface area contributed by atoms with Gasteiger partial charge in [0.25, 0.3) is 0 Å². The van der Waals surface area contributed by atoms with Gasteiger partial charge in [0.15, 0.2) is 5.78 Å². The van der Waals surface area contributed by atoms with Crippen LogP contribution in [0.25, 0.3) is 0 Å². The summed E-state index contributed by atoms with van der Waals surface area (Å²) >= 11 is 0. The molecular formula is C15H25N3O2. The van der Waals surface area contributed by atoms with Gasteiger partial charge in [-0.25, -0.2) is 0 Å². The number of aromatic nitrogens is 1. The van der Waals surface area contributed by atoms with Gasteiger partial charge in [-0.05, 0) is 12.1 Å². The van der Waals surface area contributed by atoms with Crippen LogP contribution in [0.1, 0.15) is 39.6 Å². The fourth-order valence-electron chi connectivity index (χ4n) is 2.06. The number of piperazine rings is 1. The predicted molar refractivity (Wildman–Crippen MR) is 82.2 cm³/mol. The maximum absolute atomic E-state index is 11.2. The van der Waals surface area contributed by atoms with Crippen molar-refractivity contribution in [3.8, 4) is 0 Å². The monoisotopic (exact) mass is 279 g/mol. The first-order valence-corrected chi connectivity index (χ1v) is 7.05. The van der Waals surface area contributed by atoms with E-state index in [1.165, 1.54) is 6.92 Å². The molecule has 1 fully saturated rings. The zero-order valence-corrected chi connectivity index (χ0v) is 12.7. The van der Waals surface area contributed by atoms with Crippen LogP contribution in [0.2, 0.25) is 0 Å². The van der Waals surface area contributed by atoms with Gasteiger partial charge in [-0.1, -0.05) is 13.8 Å². The summed E-state index contributed by atoms with van der Waals surface area (Å²) in [7, 11) is 0. The van der Waals surface area contributed by atoms with Gasteiger partial charge in [0, 0.05) is 41.5 Å². The maximum Gasteiger partial charge on any atom is 0.219 e. The lowest BCUT2D eigenvalue weighted by atomic mass is 10.2. The van der Waals surface area contributed by atoms with Gasteiger partial charge in [0.1, 0.15) is 5.69 Å². The fourth-order valence-corrected chi connectivity index (χ4v) is 2.06. The van der Waals surface area contributed by atoms with E-state index >= 15 is 0 Å². The molecule has 0 spiro atoms. The molecule has 20 heavy (non-hydrogen) atoms. The number of hydrogen-bond donors (Lipinski definition) is 0. The minimum atomic E-state index is -0.0250. The SMILES string of the molecule is CC.CC(=O)c1ccc(N2CCN(C(C)=O)CC2)cn1.[HH].